The van der Waals surface area contributed by atoms with Gasteiger partial charge in [-0.15, -0.1) is 0 Å². The van der Waals surface area contributed by atoms with Crippen LogP contribution in [0.3, 0.4) is 0 Å². The van der Waals surface area contributed by atoms with Crippen LogP contribution in [-0.4, -0.2) is 27.2 Å². The molecule has 154 valence electrons. The lowest BCUT2D eigenvalue weighted by Gasteiger charge is -2.12. The van der Waals surface area contributed by atoms with Gasteiger partial charge in [-0.3, -0.25) is 4.72 Å². The molecule has 0 spiro atoms. The summed E-state index contributed by atoms with van der Waals surface area (Å²) in [5.74, 6) is 1.48. The van der Waals surface area contributed by atoms with Crippen molar-refractivity contribution < 1.29 is 12.8 Å². The van der Waals surface area contributed by atoms with Crippen molar-refractivity contribution in [3.05, 3.63) is 65.4 Å². The third kappa shape index (κ3) is 5.51. The second kappa shape index (κ2) is 9.00. The molecule has 0 amide bonds. The predicted molar refractivity (Wildman–Crippen MR) is 118 cm³/mol. The Morgan fingerprint density at radius 2 is 1.79 bits per heavy atom. The van der Waals surface area contributed by atoms with Gasteiger partial charge < -0.3 is 15.1 Å². The number of para-hydroxylation sites is 2. The fourth-order valence-corrected chi connectivity index (χ4v) is 3.62. The summed E-state index contributed by atoms with van der Waals surface area (Å²) < 4.78 is 31.6. The summed E-state index contributed by atoms with van der Waals surface area (Å²) in [7, 11) is -3.35. The van der Waals surface area contributed by atoms with Gasteiger partial charge in [-0.05, 0) is 31.5 Å². The number of guanidine groups is 1. The Hall–Kier alpha value is -3.00. The van der Waals surface area contributed by atoms with Gasteiger partial charge in [-0.25, -0.2) is 13.4 Å². The highest BCUT2D eigenvalue weighted by atomic mass is 32.2. The standard InChI is InChI=1S/C21H26N4O3S/c1-4-22-21(23-13-16-9-5-7-11-18(16)25-29(3,26)27)24-14-20-15(2)17-10-6-8-12-19(17)28-20/h5-12,25H,4,13-14H2,1-3H3,(H2,22,23,24). The third-order valence-electron chi connectivity index (χ3n) is 4.42. The molecule has 0 saturated heterocycles. The van der Waals surface area contributed by atoms with Crippen LogP contribution < -0.4 is 15.4 Å². The first kappa shape index (κ1) is 20.7. The van der Waals surface area contributed by atoms with Crippen LogP contribution in [0.25, 0.3) is 11.0 Å². The second-order valence-electron chi connectivity index (χ2n) is 6.73. The van der Waals surface area contributed by atoms with Crippen molar-refractivity contribution in [2.45, 2.75) is 26.9 Å². The van der Waals surface area contributed by atoms with Crippen molar-refractivity contribution in [2.24, 2.45) is 4.99 Å². The zero-order valence-corrected chi connectivity index (χ0v) is 17.6. The molecule has 0 saturated carbocycles. The summed E-state index contributed by atoms with van der Waals surface area (Å²) in [6.07, 6.45) is 1.13. The summed E-state index contributed by atoms with van der Waals surface area (Å²) >= 11 is 0. The van der Waals surface area contributed by atoms with E-state index in [1.165, 1.54) is 0 Å². The quantitative estimate of drug-likeness (QED) is 0.407. The van der Waals surface area contributed by atoms with Gasteiger partial charge in [0.15, 0.2) is 5.96 Å². The highest BCUT2D eigenvalue weighted by Gasteiger charge is 2.11. The monoisotopic (exact) mass is 414 g/mol. The molecule has 0 aliphatic carbocycles. The maximum Gasteiger partial charge on any atom is 0.229 e. The Balaban J connectivity index is 1.74. The van der Waals surface area contributed by atoms with Crippen molar-refractivity contribution in [3.63, 3.8) is 0 Å². The molecule has 0 atom stereocenters. The van der Waals surface area contributed by atoms with Gasteiger partial charge in [0.25, 0.3) is 0 Å². The Morgan fingerprint density at radius 3 is 2.52 bits per heavy atom. The summed E-state index contributed by atoms with van der Waals surface area (Å²) in [5, 5.41) is 7.59. The highest BCUT2D eigenvalue weighted by molar-refractivity contribution is 7.92. The van der Waals surface area contributed by atoms with Crippen molar-refractivity contribution in [2.75, 3.05) is 17.5 Å². The lowest BCUT2D eigenvalue weighted by atomic mass is 10.1. The first-order valence-electron chi connectivity index (χ1n) is 9.42. The van der Waals surface area contributed by atoms with Crippen molar-refractivity contribution in [1.82, 2.24) is 10.6 Å². The molecule has 8 heteroatoms. The van der Waals surface area contributed by atoms with E-state index in [0.29, 0.717) is 31.3 Å². The van der Waals surface area contributed by atoms with Crippen molar-refractivity contribution in [1.29, 1.82) is 0 Å². The SMILES string of the molecule is CCNC(=NCc1ccccc1NS(C)(=O)=O)NCc1oc2ccccc2c1C. The number of benzene rings is 2. The first-order valence-corrected chi connectivity index (χ1v) is 11.3. The Labute approximate surface area is 171 Å². The fraction of sp³-hybridized carbons (Fsp3) is 0.286. The Kier molecular flexibility index (Phi) is 6.43. The largest absolute Gasteiger partial charge is 0.459 e. The van der Waals surface area contributed by atoms with Crippen LogP contribution in [0.2, 0.25) is 0 Å². The number of aliphatic imine (C=N–C) groups is 1. The van der Waals surface area contributed by atoms with Gasteiger partial charge in [0.1, 0.15) is 11.3 Å². The van der Waals surface area contributed by atoms with Gasteiger partial charge >= 0.3 is 0 Å². The number of aryl methyl sites for hydroxylation is 1. The minimum Gasteiger partial charge on any atom is -0.459 e. The minimum absolute atomic E-state index is 0.327. The first-order chi connectivity index (χ1) is 13.9. The molecule has 3 aromatic rings. The molecule has 0 unspecified atom stereocenters. The number of hydrogen-bond donors (Lipinski definition) is 3. The average Bonchev–Trinajstić information content (AvgIpc) is 3.00. The molecule has 29 heavy (non-hydrogen) atoms. The van der Waals surface area contributed by atoms with E-state index in [0.717, 1.165) is 34.1 Å². The van der Waals surface area contributed by atoms with E-state index >= 15 is 0 Å². The maximum absolute atomic E-state index is 11.6. The molecular formula is C21H26N4O3S. The van der Waals surface area contributed by atoms with Crippen LogP contribution in [0.4, 0.5) is 5.69 Å². The molecule has 3 rings (SSSR count). The molecular weight excluding hydrogens is 388 g/mol. The number of hydrogen-bond acceptors (Lipinski definition) is 4. The van der Waals surface area contributed by atoms with Crippen LogP contribution in [-0.2, 0) is 23.1 Å². The van der Waals surface area contributed by atoms with Crippen LogP contribution in [0, 0.1) is 6.92 Å². The number of nitrogens with zero attached hydrogens (tertiary/aromatic N) is 1. The Morgan fingerprint density at radius 1 is 1.07 bits per heavy atom. The smallest absolute Gasteiger partial charge is 0.229 e. The lowest BCUT2D eigenvalue weighted by molar-refractivity contribution is 0.534. The number of rotatable bonds is 7. The number of fused-ring (bicyclic) bond motifs is 1. The molecule has 0 fully saturated rings. The van der Waals surface area contributed by atoms with Crippen LogP contribution in [0.5, 0.6) is 0 Å². The van der Waals surface area contributed by atoms with Crippen molar-refractivity contribution >= 4 is 32.6 Å². The Bertz CT molecular complexity index is 1120. The van der Waals surface area contributed by atoms with E-state index in [2.05, 4.69) is 20.3 Å². The second-order valence-corrected chi connectivity index (χ2v) is 8.47. The highest BCUT2D eigenvalue weighted by Crippen LogP contribution is 2.24. The molecule has 0 aliphatic rings. The zero-order valence-electron chi connectivity index (χ0n) is 16.8. The number of nitrogens with one attached hydrogen (secondary N) is 3. The third-order valence-corrected chi connectivity index (χ3v) is 5.01. The van der Waals surface area contributed by atoms with E-state index in [4.69, 9.17) is 4.42 Å². The molecule has 2 aromatic carbocycles. The van der Waals surface area contributed by atoms with Gasteiger partial charge in [-0.2, -0.15) is 0 Å². The number of sulfonamides is 1. The van der Waals surface area contributed by atoms with Gasteiger partial charge in [0.2, 0.25) is 10.0 Å². The molecule has 0 aliphatic heterocycles. The van der Waals surface area contributed by atoms with Gasteiger partial charge in [0, 0.05) is 17.5 Å². The van der Waals surface area contributed by atoms with Gasteiger partial charge in [0.05, 0.1) is 25.0 Å². The molecule has 1 aromatic heterocycles. The topological polar surface area (TPSA) is 95.7 Å². The average molecular weight is 415 g/mol. The van der Waals surface area contributed by atoms with E-state index in [9.17, 15) is 8.42 Å². The number of furan rings is 1. The maximum atomic E-state index is 11.6. The minimum atomic E-state index is -3.35. The summed E-state index contributed by atoms with van der Waals surface area (Å²) in [6, 6.07) is 15.2. The lowest BCUT2D eigenvalue weighted by Crippen LogP contribution is -2.36. The molecule has 1 heterocycles. The van der Waals surface area contributed by atoms with Crippen LogP contribution in [0.15, 0.2) is 57.9 Å². The molecule has 0 bridgehead atoms. The van der Waals surface area contributed by atoms with Crippen LogP contribution >= 0.6 is 0 Å². The normalized spacial score (nSPS) is 12.2. The number of anilines is 1. The van der Waals surface area contributed by atoms with Gasteiger partial charge in [-0.1, -0.05) is 36.4 Å². The van der Waals surface area contributed by atoms with E-state index in [-0.39, 0.29) is 0 Å². The molecule has 3 N–H and O–H groups in total. The van der Waals surface area contributed by atoms with E-state index in [1.54, 1.807) is 12.1 Å². The summed E-state index contributed by atoms with van der Waals surface area (Å²) in [5.41, 5.74) is 3.29. The fourth-order valence-electron chi connectivity index (χ4n) is 3.02. The van der Waals surface area contributed by atoms with Crippen LogP contribution in [0.1, 0.15) is 23.8 Å². The van der Waals surface area contributed by atoms with Crippen molar-refractivity contribution in [3.8, 4) is 0 Å². The molecule has 7 nitrogen and oxygen atoms in total. The molecule has 0 radical (unpaired) electrons. The summed E-state index contributed by atoms with van der Waals surface area (Å²) in [4.78, 5) is 4.59. The summed E-state index contributed by atoms with van der Waals surface area (Å²) in [6.45, 7) is 5.56. The van der Waals surface area contributed by atoms with E-state index in [1.807, 2.05) is 50.2 Å². The predicted octanol–water partition coefficient (Wildman–Crippen LogP) is 3.37. The van der Waals surface area contributed by atoms with E-state index < -0.39 is 10.0 Å². The zero-order chi connectivity index (χ0) is 20.9.